The van der Waals surface area contributed by atoms with Gasteiger partial charge in [-0.1, -0.05) is 29.8 Å². The van der Waals surface area contributed by atoms with Crippen LogP contribution in [0.2, 0.25) is 0 Å². The van der Waals surface area contributed by atoms with Gasteiger partial charge in [0.1, 0.15) is 11.5 Å². The third-order valence-corrected chi connectivity index (χ3v) is 4.59. The molecular formula is C19H21N3O2S. The second-order valence-corrected chi connectivity index (χ2v) is 6.80. The van der Waals surface area contributed by atoms with Crippen LogP contribution in [0.1, 0.15) is 23.4 Å². The Morgan fingerprint density at radius 3 is 2.72 bits per heavy atom. The van der Waals surface area contributed by atoms with Crippen LogP contribution in [0.3, 0.4) is 0 Å². The Kier molecular flexibility index (Phi) is 5.50. The number of nitrogens with zero attached hydrogens (tertiary/aromatic N) is 1. The van der Waals surface area contributed by atoms with Crippen LogP contribution in [0.5, 0.6) is 0 Å². The molecule has 0 radical (unpaired) electrons. The first-order valence-electron chi connectivity index (χ1n) is 8.22. The zero-order chi connectivity index (χ0) is 17.6. The van der Waals surface area contributed by atoms with Gasteiger partial charge in [-0.05, 0) is 19.1 Å². The molecule has 0 spiro atoms. The molecule has 0 fully saturated rings. The maximum Gasteiger partial charge on any atom is 0.220 e. The van der Waals surface area contributed by atoms with Gasteiger partial charge in [0.15, 0.2) is 5.13 Å². The Morgan fingerprint density at radius 1 is 1.20 bits per heavy atom. The van der Waals surface area contributed by atoms with E-state index in [2.05, 4.69) is 29.4 Å². The lowest BCUT2D eigenvalue weighted by Gasteiger charge is -2.03. The molecule has 2 aromatic heterocycles. The number of rotatable bonds is 7. The minimum atomic E-state index is 0.0106. The van der Waals surface area contributed by atoms with E-state index in [4.69, 9.17) is 10.2 Å². The van der Waals surface area contributed by atoms with Crippen LogP contribution in [0.15, 0.2) is 46.2 Å². The molecule has 0 aliphatic heterocycles. The van der Waals surface area contributed by atoms with E-state index in [1.54, 1.807) is 0 Å². The predicted molar refractivity (Wildman–Crippen MR) is 100 cm³/mol. The fourth-order valence-electron chi connectivity index (χ4n) is 2.48. The Bertz CT molecular complexity index is 836. The smallest absolute Gasteiger partial charge is 0.220 e. The van der Waals surface area contributed by atoms with Gasteiger partial charge in [-0.15, -0.1) is 11.3 Å². The van der Waals surface area contributed by atoms with Crippen molar-refractivity contribution in [1.82, 2.24) is 10.3 Å². The Morgan fingerprint density at radius 2 is 2.00 bits per heavy atom. The van der Waals surface area contributed by atoms with Crippen LogP contribution in [-0.4, -0.2) is 17.4 Å². The van der Waals surface area contributed by atoms with Gasteiger partial charge in [0.05, 0.1) is 5.69 Å². The van der Waals surface area contributed by atoms with Crippen molar-refractivity contribution in [3.05, 3.63) is 58.8 Å². The molecule has 25 heavy (non-hydrogen) atoms. The fraction of sp³-hybridized carbons (Fsp3) is 0.263. The number of aryl methyl sites for hydroxylation is 2. The predicted octanol–water partition coefficient (Wildman–Crippen LogP) is 3.59. The third-order valence-electron chi connectivity index (χ3n) is 3.87. The molecule has 0 atom stereocenters. The lowest BCUT2D eigenvalue weighted by molar-refractivity contribution is -0.121. The maximum absolute atomic E-state index is 11.9. The Labute approximate surface area is 150 Å². The van der Waals surface area contributed by atoms with Crippen LogP contribution >= 0.6 is 11.3 Å². The molecule has 2 heterocycles. The normalized spacial score (nSPS) is 10.8. The van der Waals surface area contributed by atoms with Crippen molar-refractivity contribution in [2.24, 2.45) is 0 Å². The van der Waals surface area contributed by atoms with Gasteiger partial charge < -0.3 is 15.5 Å². The van der Waals surface area contributed by atoms with Crippen LogP contribution in [-0.2, 0) is 17.6 Å². The van der Waals surface area contributed by atoms with E-state index in [1.807, 2.05) is 29.6 Å². The molecule has 130 valence electrons. The summed E-state index contributed by atoms with van der Waals surface area (Å²) in [7, 11) is 0. The number of carbonyl (C=O) groups is 1. The number of carbonyl (C=O) groups excluding carboxylic acids is 1. The molecule has 5 nitrogen and oxygen atoms in total. The number of aromatic nitrogens is 1. The van der Waals surface area contributed by atoms with Crippen LogP contribution in [0.4, 0.5) is 5.13 Å². The van der Waals surface area contributed by atoms with E-state index in [0.29, 0.717) is 30.9 Å². The highest BCUT2D eigenvalue weighted by Crippen LogP contribution is 2.23. The summed E-state index contributed by atoms with van der Waals surface area (Å²) >= 11 is 1.41. The van der Waals surface area contributed by atoms with E-state index in [1.165, 1.54) is 16.9 Å². The number of hydrogen-bond acceptors (Lipinski definition) is 5. The number of amides is 1. The number of nitrogens with one attached hydrogen (secondary N) is 1. The van der Waals surface area contributed by atoms with Crippen LogP contribution in [0.25, 0.3) is 11.3 Å². The number of hydrogen-bond donors (Lipinski definition) is 2. The molecule has 0 aliphatic rings. The van der Waals surface area contributed by atoms with Crippen molar-refractivity contribution >= 4 is 22.4 Å². The summed E-state index contributed by atoms with van der Waals surface area (Å²) in [6, 6.07) is 12.1. The van der Waals surface area contributed by atoms with E-state index in [9.17, 15) is 4.79 Å². The van der Waals surface area contributed by atoms with Gasteiger partial charge in [-0.25, -0.2) is 4.98 Å². The van der Waals surface area contributed by atoms with Gasteiger partial charge in [0.25, 0.3) is 0 Å². The number of nitrogens with two attached hydrogens (primary N) is 1. The highest BCUT2D eigenvalue weighted by Gasteiger charge is 2.08. The zero-order valence-corrected chi connectivity index (χ0v) is 14.9. The van der Waals surface area contributed by atoms with Gasteiger partial charge in [0, 0.05) is 36.8 Å². The van der Waals surface area contributed by atoms with Crippen LogP contribution < -0.4 is 11.1 Å². The topological polar surface area (TPSA) is 81.2 Å². The lowest BCUT2D eigenvalue weighted by atomic mass is 10.1. The van der Waals surface area contributed by atoms with E-state index in [-0.39, 0.29) is 5.91 Å². The van der Waals surface area contributed by atoms with Gasteiger partial charge >= 0.3 is 0 Å². The average Bonchev–Trinajstić information content (AvgIpc) is 3.23. The first-order chi connectivity index (χ1) is 12.1. The van der Waals surface area contributed by atoms with E-state index < -0.39 is 0 Å². The van der Waals surface area contributed by atoms with Gasteiger partial charge in [-0.3, -0.25) is 4.79 Å². The molecule has 3 aromatic rings. The van der Waals surface area contributed by atoms with Crippen molar-refractivity contribution in [3.8, 4) is 11.3 Å². The molecule has 1 aromatic carbocycles. The molecule has 3 N–H and O–H groups in total. The fourth-order valence-corrected chi connectivity index (χ4v) is 3.08. The Balaban J connectivity index is 1.43. The molecule has 0 bridgehead atoms. The molecule has 0 unspecified atom stereocenters. The minimum Gasteiger partial charge on any atom is -0.461 e. The van der Waals surface area contributed by atoms with E-state index in [0.717, 1.165) is 22.8 Å². The summed E-state index contributed by atoms with van der Waals surface area (Å²) in [4.78, 5) is 16.1. The Hall–Kier alpha value is -2.60. The molecule has 0 saturated heterocycles. The molecular weight excluding hydrogens is 334 g/mol. The number of furan rings is 1. The van der Waals surface area contributed by atoms with Crippen molar-refractivity contribution in [1.29, 1.82) is 0 Å². The van der Waals surface area contributed by atoms with Crippen molar-refractivity contribution < 1.29 is 9.21 Å². The summed E-state index contributed by atoms with van der Waals surface area (Å²) < 4.78 is 5.83. The molecule has 6 heteroatoms. The van der Waals surface area contributed by atoms with E-state index >= 15 is 0 Å². The highest BCUT2D eigenvalue weighted by molar-refractivity contribution is 7.13. The summed E-state index contributed by atoms with van der Waals surface area (Å²) in [5.41, 5.74) is 8.76. The summed E-state index contributed by atoms with van der Waals surface area (Å²) in [5, 5.41) is 5.37. The number of benzene rings is 1. The average molecular weight is 355 g/mol. The number of thiazole rings is 1. The third kappa shape index (κ3) is 4.93. The minimum absolute atomic E-state index is 0.0106. The first kappa shape index (κ1) is 17.2. The van der Waals surface area contributed by atoms with Crippen molar-refractivity contribution in [2.45, 2.75) is 26.2 Å². The van der Waals surface area contributed by atoms with Crippen molar-refractivity contribution in [2.75, 3.05) is 12.3 Å². The summed E-state index contributed by atoms with van der Waals surface area (Å²) in [5.74, 6) is 1.66. The monoisotopic (exact) mass is 355 g/mol. The zero-order valence-electron chi connectivity index (χ0n) is 14.1. The number of nitrogen functional groups attached to an aromatic ring is 1. The highest BCUT2D eigenvalue weighted by atomic mass is 32.1. The SMILES string of the molecule is Cc1ccc(-c2ccc(CCC(=O)NCCc3csc(N)n3)o2)cc1. The summed E-state index contributed by atoms with van der Waals surface area (Å²) in [6.07, 6.45) is 1.68. The first-order valence-corrected chi connectivity index (χ1v) is 9.10. The second kappa shape index (κ2) is 7.98. The maximum atomic E-state index is 11.9. The lowest BCUT2D eigenvalue weighted by Crippen LogP contribution is -2.25. The molecule has 1 amide bonds. The standard InChI is InChI=1S/C19H21N3O2S/c1-13-2-4-14(5-3-13)17-8-6-16(24-17)7-9-18(23)21-11-10-15-12-25-19(20)22-15/h2-6,8,12H,7,9-11H2,1H3,(H2,20,22)(H,21,23). The number of anilines is 1. The van der Waals surface area contributed by atoms with Gasteiger partial charge in [-0.2, -0.15) is 0 Å². The molecule has 0 aliphatic carbocycles. The molecule has 3 rings (SSSR count). The second-order valence-electron chi connectivity index (χ2n) is 5.91. The van der Waals surface area contributed by atoms with Crippen molar-refractivity contribution in [3.63, 3.8) is 0 Å². The quantitative estimate of drug-likeness (QED) is 0.679. The van der Waals surface area contributed by atoms with Gasteiger partial charge in [0.2, 0.25) is 5.91 Å². The molecule has 0 saturated carbocycles. The largest absolute Gasteiger partial charge is 0.461 e. The summed E-state index contributed by atoms with van der Waals surface area (Å²) in [6.45, 7) is 2.62. The van der Waals surface area contributed by atoms with Crippen LogP contribution in [0, 0.1) is 6.92 Å².